The van der Waals surface area contributed by atoms with Crippen molar-refractivity contribution in [3.63, 3.8) is 0 Å². The molecule has 1 N–H and O–H groups in total. The highest BCUT2D eigenvalue weighted by Gasteiger charge is 2.04. The van der Waals surface area contributed by atoms with Gasteiger partial charge in [-0.2, -0.15) is 5.26 Å². The number of benzene rings is 2. The van der Waals surface area contributed by atoms with Gasteiger partial charge in [-0.1, -0.05) is 29.3 Å². The quantitative estimate of drug-likeness (QED) is 0.845. The standard InChI is InChI=1S/C14H10Cl2N2/c1-9-12(15)3-2-4-14(9)18-11-6-5-10(8-17)13(16)7-11/h2-7,18H,1H3. The molecule has 2 rings (SSSR count). The van der Waals surface area contributed by atoms with Gasteiger partial charge in [0.2, 0.25) is 0 Å². The summed E-state index contributed by atoms with van der Waals surface area (Å²) in [5, 5.41) is 13.2. The first-order chi connectivity index (χ1) is 8.61. The number of hydrogen-bond donors (Lipinski definition) is 1. The van der Waals surface area contributed by atoms with Crippen molar-refractivity contribution in [1.29, 1.82) is 5.26 Å². The Bertz CT molecular complexity index is 630. The molecule has 0 amide bonds. The van der Waals surface area contributed by atoms with Gasteiger partial charge in [0.25, 0.3) is 0 Å². The minimum absolute atomic E-state index is 0.433. The van der Waals surface area contributed by atoms with E-state index in [0.717, 1.165) is 16.9 Å². The van der Waals surface area contributed by atoms with Gasteiger partial charge in [-0.15, -0.1) is 0 Å². The van der Waals surface area contributed by atoms with Crippen LogP contribution >= 0.6 is 23.2 Å². The monoisotopic (exact) mass is 276 g/mol. The van der Waals surface area contributed by atoms with Crippen molar-refractivity contribution in [2.75, 3.05) is 5.32 Å². The smallest absolute Gasteiger partial charge is 0.101 e. The molecule has 0 saturated carbocycles. The van der Waals surface area contributed by atoms with Gasteiger partial charge in [0.15, 0.2) is 0 Å². The van der Waals surface area contributed by atoms with Crippen LogP contribution in [0.25, 0.3) is 0 Å². The largest absolute Gasteiger partial charge is 0.355 e. The van der Waals surface area contributed by atoms with Crippen molar-refractivity contribution < 1.29 is 0 Å². The maximum Gasteiger partial charge on any atom is 0.101 e. The molecule has 0 fully saturated rings. The highest BCUT2D eigenvalue weighted by atomic mass is 35.5. The van der Waals surface area contributed by atoms with Crippen LogP contribution in [0.15, 0.2) is 36.4 Å². The molecule has 18 heavy (non-hydrogen) atoms. The Balaban J connectivity index is 2.32. The summed E-state index contributed by atoms with van der Waals surface area (Å²) in [5.74, 6) is 0. The minimum Gasteiger partial charge on any atom is -0.355 e. The van der Waals surface area contributed by atoms with Crippen LogP contribution in [0, 0.1) is 18.3 Å². The zero-order valence-corrected chi connectivity index (χ0v) is 11.2. The second-order valence-electron chi connectivity index (χ2n) is 3.84. The predicted molar refractivity (Wildman–Crippen MR) is 75.6 cm³/mol. The van der Waals surface area contributed by atoms with E-state index < -0.39 is 0 Å². The number of nitrogens with zero attached hydrogens (tertiary/aromatic N) is 1. The van der Waals surface area contributed by atoms with E-state index in [2.05, 4.69) is 5.32 Å². The number of hydrogen-bond acceptors (Lipinski definition) is 2. The lowest BCUT2D eigenvalue weighted by atomic mass is 10.1. The fourth-order valence-electron chi connectivity index (χ4n) is 1.58. The summed E-state index contributed by atoms with van der Waals surface area (Å²) < 4.78 is 0. The van der Waals surface area contributed by atoms with Gasteiger partial charge >= 0.3 is 0 Å². The summed E-state index contributed by atoms with van der Waals surface area (Å²) in [5.41, 5.74) is 3.18. The van der Waals surface area contributed by atoms with Crippen LogP contribution < -0.4 is 5.32 Å². The molecule has 0 spiro atoms. The highest BCUT2D eigenvalue weighted by Crippen LogP contribution is 2.28. The van der Waals surface area contributed by atoms with E-state index in [1.807, 2.05) is 37.3 Å². The van der Waals surface area contributed by atoms with E-state index in [1.54, 1.807) is 12.1 Å². The fourth-order valence-corrected chi connectivity index (χ4v) is 1.98. The molecule has 0 aliphatic rings. The SMILES string of the molecule is Cc1c(Cl)cccc1Nc1ccc(C#N)c(Cl)c1. The number of nitrogens with one attached hydrogen (secondary N) is 1. The third-order valence-corrected chi connectivity index (χ3v) is 3.36. The van der Waals surface area contributed by atoms with Gasteiger partial charge in [0, 0.05) is 16.4 Å². The van der Waals surface area contributed by atoms with Crippen LogP contribution in [0.2, 0.25) is 10.0 Å². The Morgan fingerprint density at radius 2 is 1.89 bits per heavy atom. The first-order valence-corrected chi connectivity index (χ1v) is 6.09. The van der Waals surface area contributed by atoms with Crippen molar-refractivity contribution >= 4 is 34.6 Å². The van der Waals surface area contributed by atoms with Crippen LogP contribution in [-0.4, -0.2) is 0 Å². The number of nitriles is 1. The molecule has 0 bridgehead atoms. The summed E-state index contributed by atoms with van der Waals surface area (Å²) in [6.07, 6.45) is 0. The molecule has 0 radical (unpaired) electrons. The normalized spacial score (nSPS) is 9.89. The first-order valence-electron chi connectivity index (χ1n) is 5.33. The van der Waals surface area contributed by atoms with Crippen LogP contribution in [0.4, 0.5) is 11.4 Å². The molecule has 2 aromatic rings. The molecule has 0 aromatic heterocycles. The van der Waals surface area contributed by atoms with Gasteiger partial charge in [-0.25, -0.2) is 0 Å². The molecular weight excluding hydrogens is 267 g/mol. The van der Waals surface area contributed by atoms with Crippen LogP contribution in [0.1, 0.15) is 11.1 Å². The lowest BCUT2D eigenvalue weighted by Crippen LogP contribution is -1.94. The van der Waals surface area contributed by atoms with Gasteiger partial charge in [-0.3, -0.25) is 0 Å². The average molecular weight is 277 g/mol. The molecule has 0 atom stereocenters. The predicted octanol–water partition coefficient (Wildman–Crippen LogP) is 4.92. The minimum atomic E-state index is 0.433. The molecule has 0 aliphatic carbocycles. The Kier molecular flexibility index (Phi) is 3.76. The third-order valence-electron chi connectivity index (χ3n) is 2.64. The summed E-state index contributed by atoms with van der Waals surface area (Å²) in [7, 11) is 0. The van der Waals surface area contributed by atoms with E-state index >= 15 is 0 Å². The molecule has 4 heteroatoms. The lowest BCUT2D eigenvalue weighted by Gasteiger charge is -2.11. The van der Waals surface area contributed by atoms with Crippen molar-refractivity contribution in [3.8, 4) is 6.07 Å². The maximum absolute atomic E-state index is 8.81. The fraction of sp³-hybridized carbons (Fsp3) is 0.0714. The van der Waals surface area contributed by atoms with Gasteiger partial charge in [0.05, 0.1) is 10.6 Å². The zero-order valence-electron chi connectivity index (χ0n) is 9.67. The van der Waals surface area contributed by atoms with E-state index in [4.69, 9.17) is 28.5 Å². The number of rotatable bonds is 2. The molecule has 0 heterocycles. The summed E-state index contributed by atoms with van der Waals surface area (Å²) in [4.78, 5) is 0. The van der Waals surface area contributed by atoms with Crippen molar-refractivity contribution in [3.05, 3.63) is 57.6 Å². The van der Waals surface area contributed by atoms with Crippen LogP contribution in [0.3, 0.4) is 0 Å². The second-order valence-corrected chi connectivity index (χ2v) is 4.66. The topological polar surface area (TPSA) is 35.8 Å². The van der Waals surface area contributed by atoms with E-state index in [0.29, 0.717) is 15.6 Å². The molecule has 90 valence electrons. The van der Waals surface area contributed by atoms with Crippen LogP contribution in [0.5, 0.6) is 0 Å². The first kappa shape index (κ1) is 12.8. The summed E-state index contributed by atoms with van der Waals surface area (Å²) in [6, 6.07) is 12.9. The van der Waals surface area contributed by atoms with Crippen molar-refractivity contribution in [2.24, 2.45) is 0 Å². The van der Waals surface area contributed by atoms with E-state index in [9.17, 15) is 0 Å². The zero-order chi connectivity index (χ0) is 13.1. The summed E-state index contributed by atoms with van der Waals surface area (Å²) >= 11 is 12.0. The van der Waals surface area contributed by atoms with Gasteiger partial charge < -0.3 is 5.32 Å². The molecule has 0 aliphatic heterocycles. The molecular formula is C14H10Cl2N2. The Morgan fingerprint density at radius 3 is 2.56 bits per heavy atom. The number of anilines is 2. The molecule has 0 saturated heterocycles. The van der Waals surface area contributed by atoms with Crippen LogP contribution in [-0.2, 0) is 0 Å². The molecule has 2 nitrogen and oxygen atoms in total. The van der Waals surface area contributed by atoms with E-state index in [1.165, 1.54) is 0 Å². The van der Waals surface area contributed by atoms with Crippen molar-refractivity contribution in [2.45, 2.75) is 6.92 Å². The van der Waals surface area contributed by atoms with Gasteiger partial charge in [-0.05, 0) is 42.8 Å². The van der Waals surface area contributed by atoms with Crippen molar-refractivity contribution in [1.82, 2.24) is 0 Å². The maximum atomic E-state index is 8.81. The highest BCUT2D eigenvalue weighted by molar-refractivity contribution is 6.32. The third kappa shape index (κ3) is 2.59. The summed E-state index contributed by atoms with van der Waals surface area (Å²) in [6.45, 7) is 1.94. The van der Waals surface area contributed by atoms with E-state index in [-0.39, 0.29) is 0 Å². The number of halogens is 2. The Morgan fingerprint density at radius 1 is 1.11 bits per heavy atom. The Hall–Kier alpha value is -1.69. The molecule has 0 unspecified atom stereocenters. The lowest BCUT2D eigenvalue weighted by molar-refractivity contribution is 1.42. The Labute approximate surface area is 116 Å². The van der Waals surface area contributed by atoms with Gasteiger partial charge in [0.1, 0.15) is 6.07 Å². The average Bonchev–Trinajstić information content (AvgIpc) is 2.35. The second kappa shape index (κ2) is 5.30. The molecule has 2 aromatic carbocycles.